The second-order valence-corrected chi connectivity index (χ2v) is 9.38. The van der Waals surface area contributed by atoms with Crippen LogP contribution in [0, 0.1) is 11.8 Å². The minimum atomic E-state index is -6.64. The molecule has 0 saturated carbocycles. The van der Waals surface area contributed by atoms with Gasteiger partial charge in [0.1, 0.15) is 0 Å². The van der Waals surface area contributed by atoms with Crippen LogP contribution in [0.5, 0.6) is 0 Å². The van der Waals surface area contributed by atoms with Gasteiger partial charge in [-0.15, -0.1) is 0 Å². The molecule has 0 heterocycles. The minimum Gasteiger partial charge on any atom is -0.396 e. The Morgan fingerprint density at radius 1 is 0.864 bits per heavy atom. The molecule has 0 aromatic heterocycles. The fourth-order valence-corrected chi connectivity index (χ4v) is 5.11. The predicted molar refractivity (Wildman–Crippen MR) is 63.8 cm³/mol. The molecule has 0 aromatic carbocycles. The minimum absolute atomic E-state index is 0.737. The van der Waals surface area contributed by atoms with Gasteiger partial charge in [0.15, 0.2) is 4.58 Å². The molecule has 22 heavy (non-hydrogen) atoms. The first-order chi connectivity index (χ1) is 9.50. The van der Waals surface area contributed by atoms with Crippen LogP contribution in [0.15, 0.2) is 0 Å². The fourth-order valence-electron chi connectivity index (χ4n) is 1.52. The summed E-state index contributed by atoms with van der Waals surface area (Å²) in [5.41, 5.74) is -12.3. The Kier molecular flexibility index (Phi) is 6.35. The lowest BCUT2D eigenvalue weighted by molar-refractivity contribution is -0.0476. The summed E-state index contributed by atoms with van der Waals surface area (Å²) in [6, 6.07) is 0. The molecule has 1 atom stereocenters. The van der Waals surface area contributed by atoms with Crippen molar-refractivity contribution >= 4 is 19.7 Å². The summed E-state index contributed by atoms with van der Waals surface area (Å²) in [6.07, 6.45) is -1.52. The summed E-state index contributed by atoms with van der Waals surface area (Å²) in [5.74, 6) is -2.11. The van der Waals surface area contributed by atoms with E-state index in [1.807, 2.05) is 0 Å². The van der Waals surface area contributed by atoms with Crippen molar-refractivity contribution in [3.05, 3.63) is 0 Å². The standard InChI is InChI=1S/C9H14F6O5S2/c1-5(2)6(4-16)3-7(21(17,18)8(10,11)12)22(19,20)9(13,14)15/h5-7,16H,3-4H2,1-2H3. The van der Waals surface area contributed by atoms with Gasteiger partial charge in [0.05, 0.1) is 0 Å². The van der Waals surface area contributed by atoms with Gasteiger partial charge in [-0.05, 0) is 18.3 Å². The zero-order chi connectivity index (χ0) is 18.1. The second-order valence-electron chi connectivity index (χ2n) is 4.83. The zero-order valence-corrected chi connectivity index (χ0v) is 12.9. The molecule has 0 spiro atoms. The molecule has 0 aromatic rings. The third-order valence-electron chi connectivity index (χ3n) is 3.01. The van der Waals surface area contributed by atoms with Crippen LogP contribution in [-0.2, 0) is 19.7 Å². The van der Waals surface area contributed by atoms with Crippen molar-refractivity contribution in [2.75, 3.05) is 6.61 Å². The smallest absolute Gasteiger partial charge is 0.396 e. The van der Waals surface area contributed by atoms with E-state index in [1.54, 1.807) is 0 Å². The number of hydrogen-bond acceptors (Lipinski definition) is 5. The van der Waals surface area contributed by atoms with E-state index >= 15 is 0 Å². The summed E-state index contributed by atoms with van der Waals surface area (Å²) in [5, 5.41) is 8.93. The monoisotopic (exact) mass is 380 g/mol. The first kappa shape index (κ1) is 21.4. The first-order valence-electron chi connectivity index (χ1n) is 5.71. The van der Waals surface area contributed by atoms with E-state index in [4.69, 9.17) is 5.11 Å². The Morgan fingerprint density at radius 3 is 1.36 bits per heavy atom. The lowest BCUT2D eigenvalue weighted by Gasteiger charge is -2.26. The molecular formula is C9H14F6O5S2. The van der Waals surface area contributed by atoms with Crippen molar-refractivity contribution in [3.63, 3.8) is 0 Å². The normalized spacial score (nSPS) is 16.3. The van der Waals surface area contributed by atoms with Crippen molar-refractivity contribution in [1.29, 1.82) is 0 Å². The highest BCUT2D eigenvalue weighted by Gasteiger charge is 2.63. The number of aliphatic hydroxyl groups is 1. The van der Waals surface area contributed by atoms with Gasteiger partial charge in [-0.1, -0.05) is 13.8 Å². The van der Waals surface area contributed by atoms with E-state index in [9.17, 15) is 43.2 Å². The Labute approximate surface area is 123 Å². The van der Waals surface area contributed by atoms with E-state index in [0.717, 1.165) is 0 Å². The Bertz CT molecular complexity index is 531. The molecule has 0 rings (SSSR count). The molecule has 13 heteroatoms. The van der Waals surface area contributed by atoms with Crippen molar-refractivity contribution in [3.8, 4) is 0 Å². The van der Waals surface area contributed by atoms with Crippen LogP contribution in [0.4, 0.5) is 26.3 Å². The van der Waals surface area contributed by atoms with Gasteiger partial charge in [0, 0.05) is 6.61 Å². The van der Waals surface area contributed by atoms with E-state index in [-0.39, 0.29) is 0 Å². The van der Waals surface area contributed by atoms with Crippen LogP contribution < -0.4 is 0 Å². The molecule has 1 unspecified atom stereocenters. The molecule has 134 valence electrons. The number of hydrogen-bond donors (Lipinski definition) is 1. The van der Waals surface area contributed by atoms with Gasteiger partial charge >= 0.3 is 11.0 Å². The molecule has 5 nitrogen and oxygen atoms in total. The Morgan fingerprint density at radius 2 is 1.18 bits per heavy atom. The molecule has 0 amide bonds. The average molecular weight is 380 g/mol. The quantitative estimate of drug-likeness (QED) is 0.711. The third kappa shape index (κ3) is 4.25. The van der Waals surface area contributed by atoms with Crippen LogP contribution in [0.3, 0.4) is 0 Å². The van der Waals surface area contributed by atoms with Gasteiger partial charge in [-0.3, -0.25) is 0 Å². The number of halogens is 6. The lowest BCUT2D eigenvalue weighted by Crippen LogP contribution is -2.46. The molecule has 0 fully saturated rings. The van der Waals surface area contributed by atoms with Gasteiger partial charge in [0.2, 0.25) is 0 Å². The molecule has 0 aliphatic heterocycles. The second kappa shape index (κ2) is 6.51. The number of sulfone groups is 2. The van der Waals surface area contributed by atoms with E-state index in [2.05, 4.69) is 0 Å². The third-order valence-corrected chi connectivity index (χ3v) is 7.59. The summed E-state index contributed by atoms with van der Waals surface area (Å²) in [6.45, 7) is 1.62. The average Bonchev–Trinajstić information content (AvgIpc) is 2.25. The molecule has 0 radical (unpaired) electrons. The van der Waals surface area contributed by atoms with Crippen molar-refractivity contribution in [1.82, 2.24) is 0 Å². The highest BCUT2D eigenvalue weighted by molar-refractivity contribution is 8.09. The first-order valence-corrected chi connectivity index (χ1v) is 8.80. The molecule has 1 N–H and O–H groups in total. The highest BCUT2D eigenvalue weighted by Crippen LogP contribution is 2.39. The highest BCUT2D eigenvalue weighted by atomic mass is 32.3. The van der Waals surface area contributed by atoms with Crippen LogP contribution in [0.2, 0.25) is 0 Å². The number of alkyl halides is 6. The summed E-state index contributed by atoms with van der Waals surface area (Å²) < 4.78 is 116. The molecule has 0 bridgehead atoms. The maximum atomic E-state index is 12.5. The summed E-state index contributed by atoms with van der Waals surface area (Å²) >= 11 is 0. The van der Waals surface area contributed by atoms with Crippen molar-refractivity contribution in [2.45, 2.75) is 35.9 Å². The molecule has 0 aliphatic rings. The molecular weight excluding hydrogens is 366 g/mol. The Hall–Kier alpha value is -0.560. The molecule has 0 aliphatic carbocycles. The van der Waals surface area contributed by atoms with Gasteiger partial charge in [-0.2, -0.15) is 26.3 Å². The van der Waals surface area contributed by atoms with Crippen molar-refractivity contribution < 1.29 is 48.3 Å². The van der Waals surface area contributed by atoms with E-state index < -0.39 is 60.1 Å². The van der Waals surface area contributed by atoms with Crippen LogP contribution in [0.1, 0.15) is 20.3 Å². The topological polar surface area (TPSA) is 88.5 Å². The maximum absolute atomic E-state index is 12.5. The molecule has 0 saturated heterocycles. The summed E-state index contributed by atoms with van der Waals surface area (Å²) in [4.78, 5) is 0. The largest absolute Gasteiger partial charge is 0.498 e. The van der Waals surface area contributed by atoms with Crippen LogP contribution >= 0.6 is 0 Å². The SMILES string of the molecule is CC(C)C(CO)CC(S(=O)(=O)C(F)(F)F)S(=O)(=O)C(F)(F)F. The zero-order valence-electron chi connectivity index (χ0n) is 11.3. The fraction of sp³-hybridized carbons (Fsp3) is 1.00. The van der Waals surface area contributed by atoms with Gasteiger partial charge in [-0.25, -0.2) is 16.8 Å². The number of aliphatic hydroxyl groups excluding tert-OH is 1. The van der Waals surface area contributed by atoms with Crippen LogP contribution in [-0.4, -0.2) is 44.1 Å². The van der Waals surface area contributed by atoms with Gasteiger partial charge < -0.3 is 5.11 Å². The van der Waals surface area contributed by atoms with Gasteiger partial charge in [0.25, 0.3) is 19.7 Å². The lowest BCUT2D eigenvalue weighted by atomic mass is 9.94. The van der Waals surface area contributed by atoms with E-state index in [1.165, 1.54) is 13.8 Å². The van der Waals surface area contributed by atoms with E-state index in [0.29, 0.717) is 0 Å². The van der Waals surface area contributed by atoms with Crippen LogP contribution in [0.25, 0.3) is 0 Å². The van der Waals surface area contributed by atoms with Crippen molar-refractivity contribution in [2.24, 2.45) is 11.8 Å². The summed E-state index contributed by atoms with van der Waals surface area (Å²) in [7, 11) is -13.3. The maximum Gasteiger partial charge on any atom is 0.498 e. The Balaban J connectivity index is 6.17. The predicted octanol–water partition coefficient (Wildman–Crippen LogP) is 1.84. The number of rotatable bonds is 6.